The van der Waals surface area contributed by atoms with Crippen LogP contribution < -0.4 is 0 Å². The van der Waals surface area contributed by atoms with Gasteiger partial charge in [0.2, 0.25) is 0 Å². The Kier molecular flexibility index (Phi) is 12.8. The van der Waals surface area contributed by atoms with Crippen LogP contribution in [0.15, 0.2) is 38.0 Å². The molecule has 0 aliphatic rings. The molecule has 0 N–H and O–H groups in total. The Balaban J connectivity index is 4.92. The zero-order valence-corrected chi connectivity index (χ0v) is 17.6. The molecule has 3 atom stereocenters. The number of carbonyl (C=O) groups excluding carboxylic acids is 3. The molecular formula is C18H27O10P. The molecule has 0 radical (unpaired) electrons. The fraction of sp³-hybridized carbons (Fsp3) is 0.500. The molecule has 0 fully saturated rings. The molecule has 0 spiro atoms. The summed E-state index contributed by atoms with van der Waals surface area (Å²) in [6.07, 6.45) is 0.547. The molecule has 0 aromatic carbocycles. The average Bonchev–Trinajstić information content (AvgIpc) is 2.69. The molecule has 10 nitrogen and oxygen atoms in total. The van der Waals surface area contributed by atoms with Gasteiger partial charge in [-0.05, 0) is 20.8 Å². The number of rotatable bonds is 15. The lowest BCUT2D eigenvalue weighted by atomic mass is 10.4. The summed E-state index contributed by atoms with van der Waals surface area (Å²) in [5.41, 5.74) is 0. The minimum absolute atomic E-state index is 0.321. The van der Waals surface area contributed by atoms with E-state index in [1.54, 1.807) is 0 Å². The van der Waals surface area contributed by atoms with Crippen molar-refractivity contribution >= 4 is 25.7 Å². The molecule has 0 aliphatic heterocycles. The van der Waals surface area contributed by atoms with Gasteiger partial charge < -0.3 is 14.2 Å². The largest absolute Gasteiger partial charge is 0.475 e. The molecule has 0 rings (SSSR count). The predicted molar refractivity (Wildman–Crippen MR) is 103 cm³/mol. The lowest BCUT2D eigenvalue weighted by molar-refractivity contribution is -0.143. The first kappa shape index (κ1) is 26.7. The molecule has 0 saturated heterocycles. The van der Waals surface area contributed by atoms with Crippen LogP contribution in [0.3, 0.4) is 0 Å². The second-order valence-corrected chi connectivity index (χ2v) is 7.36. The first-order chi connectivity index (χ1) is 13.5. The van der Waals surface area contributed by atoms with E-state index in [-0.39, 0.29) is 19.8 Å². The molecule has 164 valence electrons. The van der Waals surface area contributed by atoms with Gasteiger partial charge >= 0.3 is 25.7 Å². The summed E-state index contributed by atoms with van der Waals surface area (Å²) in [5, 5.41) is 0. The van der Waals surface area contributed by atoms with Crippen LogP contribution in [-0.4, -0.2) is 56.0 Å². The van der Waals surface area contributed by atoms with Crippen molar-refractivity contribution in [1.82, 2.24) is 0 Å². The van der Waals surface area contributed by atoms with E-state index in [4.69, 9.17) is 27.8 Å². The van der Waals surface area contributed by atoms with Crippen molar-refractivity contribution in [2.24, 2.45) is 0 Å². The topological polar surface area (TPSA) is 124 Å². The maximum atomic E-state index is 12.8. The second-order valence-electron chi connectivity index (χ2n) is 5.69. The smallest absolute Gasteiger partial charge is 0.457 e. The average molecular weight is 434 g/mol. The molecule has 3 unspecified atom stereocenters. The van der Waals surface area contributed by atoms with Gasteiger partial charge in [0.05, 0.1) is 19.8 Å². The highest BCUT2D eigenvalue weighted by molar-refractivity contribution is 7.48. The lowest BCUT2D eigenvalue weighted by Gasteiger charge is -2.23. The molecular weight excluding hydrogens is 407 g/mol. The van der Waals surface area contributed by atoms with Crippen molar-refractivity contribution in [3.63, 3.8) is 0 Å². The number of esters is 3. The standard InChI is InChI=1S/C18H27O10P/c1-7-16(19)26-13(4)10-23-29(22,24-11-14(5)27-17(20)8-2)25-12-15(6)28-18(21)9-3/h7-9,13-15H,1-3,10-12H2,4-6H3. The van der Waals surface area contributed by atoms with Gasteiger partial charge in [-0.1, -0.05) is 19.7 Å². The summed E-state index contributed by atoms with van der Waals surface area (Å²) in [6.45, 7) is 13.3. The fourth-order valence-corrected chi connectivity index (χ4v) is 2.94. The molecule has 0 bridgehead atoms. The number of ether oxygens (including phenoxy) is 3. The van der Waals surface area contributed by atoms with Crippen molar-refractivity contribution in [1.29, 1.82) is 0 Å². The van der Waals surface area contributed by atoms with E-state index in [2.05, 4.69) is 19.7 Å². The van der Waals surface area contributed by atoms with Crippen LogP contribution in [0.2, 0.25) is 0 Å². The zero-order valence-electron chi connectivity index (χ0n) is 16.7. The summed E-state index contributed by atoms with van der Waals surface area (Å²) in [4.78, 5) is 33.6. The Morgan fingerprint density at radius 3 is 1.14 bits per heavy atom. The number of phosphoric ester groups is 1. The van der Waals surface area contributed by atoms with E-state index in [0.29, 0.717) is 0 Å². The minimum Gasteiger partial charge on any atom is -0.457 e. The normalized spacial score (nSPS) is 15.7. The number of carbonyl (C=O) groups is 3. The predicted octanol–water partition coefficient (Wildman–Crippen LogP) is 2.50. The molecule has 0 saturated carbocycles. The molecule has 0 heterocycles. The summed E-state index contributed by atoms with van der Waals surface area (Å²) >= 11 is 0. The van der Waals surface area contributed by atoms with Crippen molar-refractivity contribution in [2.45, 2.75) is 39.1 Å². The van der Waals surface area contributed by atoms with Crippen LogP contribution in [0.1, 0.15) is 20.8 Å². The molecule has 0 aliphatic carbocycles. The lowest BCUT2D eigenvalue weighted by Crippen LogP contribution is -2.23. The van der Waals surface area contributed by atoms with Gasteiger partial charge in [-0.3, -0.25) is 13.6 Å². The van der Waals surface area contributed by atoms with Gasteiger partial charge in [0.15, 0.2) is 0 Å². The van der Waals surface area contributed by atoms with E-state index in [1.165, 1.54) is 20.8 Å². The molecule has 0 aromatic heterocycles. The molecule has 29 heavy (non-hydrogen) atoms. The van der Waals surface area contributed by atoms with Gasteiger partial charge in [-0.25, -0.2) is 18.9 Å². The van der Waals surface area contributed by atoms with E-state index in [1.807, 2.05) is 0 Å². The Morgan fingerprint density at radius 2 is 0.931 bits per heavy atom. The van der Waals surface area contributed by atoms with Gasteiger partial charge in [0.25, 0.3) is 0 Å². The maximum Gasteiger partial charge on any atom is 0.475 e. The minimum atomic E-state index is -4.19. The van der Waals surface area contributed by atoms with Crippen LogP contribution in [-0.2, 0) is 46.7 Å². The van der Waals surface area contributed by atoms with Gasteiger partial charge in [0.1, 0.15) is 18.3 Å². The first-order valence-electron chi connectivity index (χ1n) is 8.58. The summed E-state index contributed by atoms with van der Waals surface area (Å²) in [5.74, 6) is -2.06. The SMILES string of the molecule is C=CC(=O)OC(C)COP(=O)(OCC(C)OC(=O)C=C)OCC(C)OC(=O)C=C. The maximum absolute atomic E-state index is 12.8. The summed E-state index contributed by atoms with van der Waals surface area (Å²) in [6, 6.07) is 0. The quantitative estimate of drug-likeness (QED) is 0.164. The third kappa shape index (κ3) is 12.7. The number of phosphoric acid groups is 1. The van der Waals surface area contributed by atoms with Crippen LogP contribution in [0.5, 0.6) is 0 Å². The van der Waals surface area contributed by atoms with Gasteiger partial charge in [-0.15, -0.1) is 0 Å². The van der Waals surface area contributed by atoms with E-state index in [0.717, 1.165) is 18.2 Å². The Morgan fingerprint density at radius 1 is 0.690 bits per heavy atom. The Bertz CT molecular complexity index is 559. The summed E-state index contributed by atoms with van der Waals surface area (Å²) < 4.78 is 43.1. The van der Waals surface area contributed by atoms with Crippen LogP contribution in [0.4, 0.5) is 0 Å². The highest BCUT2D eigenvalue weighted by Crippen LogP contribution is 2.50. The number of hydrogen-bond acceptors (Lipinski definition) is 10. The fourth-order valence-electron chi connectivity index (χ4n) is 1.54. The second kappa shape index (κ2) is 13.8. The Hall–Kier alpha value is -2.26. The highest BCUT2D eigenvalue weighted by atomic mass is 31.2. The van der Waals surface area contributed by atoms with Crippen LogP contribution in [0.25, 0.3) is 0 Å². The molecule has 0 amide bonds. The van der Waals surface area contributed by atoms with Crippen molar-refractivity contribution in [3.05, 3.63) is 38.0 Å². The molecule has 0 aromatic rings. The number of hydrogen-bond donors (Lipinski definition) is 0. The highest BCUT2D eigenvalue weighted by Gasteiger charge is 2.30. The van der Waals surface area contributed by atoms with E-state index < -0.39 is 44.0 Å². The van der Waals surface area contributed by atoms with Crippen molar-refractivity contribution < 1.29 is 46.7 Å². The van der Waals surface area contributed by atoms with Crippen LogP contribution >= 0.6 is 7.82 Å². The van der Waals surface area contributed by atoms with Crippen molar-refractivity contribution in [2.75, 3.05) is 19.8 Å². The van der Waals surface area contributed by atoms with Gasteiger partial charge in [-0.2, -0.15) is 0 Å². The Labute approximate surface area is 170 Å². The zero-order chi connectivity index (χ0) is 22.4. The van der Waals surface area contributed by atoms with Gasteiger partial charge in [0, 0.05) is 18.2 Å². The van der Waals surface area contributed by atoms with E-state index in [9.17, 15) is 18.9 Å². The van der Waals surface area contributed by atoms with Crippen molar-refractivity contribution in [3.8, 4) is 0 Å². The van der Waals surface area contributed by atoms with Crippen LogP contribution in [0, 0.1) is 0 Å². The third-order valence-corrected chi connectivity index (χ3v) is 4.25. The van der Waals surface area contributed by atoms with E-state index >= 15 is 0 Å². The third-order valence-electron chi connectivity index (χ3n) is 2.85. The first-order valence-corrected chi connectivity index (χ1v) is 10.0. The monoisotopic (exact) mass is 434 g/mol. The molecule has 11 heteroatoms. The summed E-state index contributed by atoms with van der Waals surface area (Å²) in [7, 11) is -4.19.